The van der Waals surface area contributed by atoms with Crippen molar-refractivity contribution in [2.45, 2.75) is 40.2 Å². The van der Waals surface area contributed by atoms with Crippen molar-refractivity contribution in [1.82, 2.24) is 4.90 Å². The van der Waals surface area contributed by atoms with Crippen molar-refractivity contribution in [2.75, 3.05) is 13.1 Å². The van der Waals surface area contributed by atoms with Gasteiger partial charge in [-0.15, -0.1) is 0 Å². The molecule has 2 aromatic rings. The Bertz CT molecular complexity index is 736. The van der Waals surface area contributed by atoms with Gasteiger partial charge in [0.15, 0.2) is 0 Å². The molecular formula is C22H27NO2. The number of hydrogen-bond donors (Lipinski definition) is 0. The van der Waals surface area contributed by atoms with Crippen LogP contribution in [0.15, 0.2) is 42.5 Å². The van der Waals surface area contributed by atoms with Crippen LogP contribution in [-0.2, 0) is 6.61 Å². The molecule has 3 nitrogen and oxygen atoms in total. The third-order valence-corrected chi connectivity index (χ3v) is 5.03. The number of carbonyl (C=O) groups excluding carboxylic acids is 1. The quantitative estimate of drug-likeness (QED) is 0.805. The maximum atomic E-state index is 12.6. The van der Waals surface area contributed by atoms with Crippen LogP contribution in [0.1, 0.15) is 46.8 Å². The van der Waals surface area contributed by atoms with Gasteiger partial charge in [-0.25, -0.2) is 0 Å². The lowest BCUT2D eigenvalue weighted by Crippen LogP contribution is -2.39. The van der Waals surface area contributed by atoms with Crippen LogP contribution in [0.25, 0.3) is 0 Å². The summed E-state index contributed by atoms with van der Waals surface area (Å²) in [5, 5.41) is 0. The lowest BCUT2D eigenvalue weighted by molar-refractivity contribution is 0.0683. The maximum Gasteiger partial charge on any atom is 0.253 e. The molecule has 3 heteroatoms. The van der Waals surface area contributed by atoms with Gasteiger partial charge in [-0.2, -0.15) is 0 Å². The molecule has 1 aliphatic rings. The average Bonchev–Trinajstić information content (AvgIpc) is 2.62. The van der Waals surface area contributed by atoms with Crippen molar-refractivity contribution >= 4 is 5.91 Å². The van der Waals surface area contributed by atoms with E-state index in [0.29, 0.717) is 12.5 Å². The lowest BCUT2D eigenvalue weighted by atomic mass is 9.99. The first-order chi connectivity index (χ1) is 12.0. The zero-order chi connectivity index (χ0) is 17.8. The third-order valence-electron chi connectivity index (χ3n) is 5.03. The molecule has 25 heavy (non-hydrogen) atoms. The van der Waals surface area contributed by atoms with Gasteiger partial charge in [0.2, 0.25) is 0 Å². The highest BCUT2D eigenvalue weighted by atomic mass is 16.5. The zero-order valence-electron chi connectivity index (χ0n) is 15.4. The fraction of sp³-hybridized carbons (Fsp3) is 0.409. The normalized spacial score (nSPS) is 17.4. The standard InChI is InChI=1S/C22H27NO2/c1-16-5-4-12-23(14-16)22(24)20-9-7-19(8-10-20)15-25-21-11-6-17(2)18(3)13-21/h6-11,13,16H,4-5,12,14-15H2,1-3H3/t16-/m1/s1. The number of hydrogen-bond acceptors (Lipinski definition) is 2. The van der Waals surface area contributed by atoms with E-state index in [0.717, 1.165) is 36.4 Å². The van der Waals surface area contributed by atoms with Gasteiger partial charge >= 0.3 is 0 Å². The van der Waals surface area contributed by atoms with Gasteiger partial charge in [-0.3, -0.25) is 4.79 Å². The van der Waals surface area contributed by atoms with E-state index in [9.17, 15) is 4.79 Å². The molecule has 0 N–H and O–H groups in total. The van der Waals surface area contributed by atoms with Crippen LogP contribution in [0.5, 0.6) is 5.75 Å². The molecular weight excluding hydrogens is 310 g/mol. The Kier molecular flexibility index (Phi) is 5.42. The van der Waals surface area contributed by atoms with E-state index in [1.807, 2.05) is 35.2 Å². The van der Waals surface area contributed by atoms with Crippen molar-refractivity contribution in [3.05, 3.63) is 64.7 Å². The summed E-state index contributed by atoms with van der Waals surface area (Å²) >= 11 is 0. The Morgan fingerprint density at radius 1 is 1.12 bits per heavy atom. The van der Waals surface area contributed by atoms with Gasteiger partial charge in [0.25, 0.3) is 5.91 Å². The fourth-order valence-electron chi connectivity index (χ4n) is 3.27. The van der Waals surface area contributed by atoms with Gasteiger partial charge in [0.1, 0.15) is 12.4 Å². The third kappa shape index (κ3) is 4.41. The first-order valence-electron chi connectivity index (χ1n) is 9.11. The summed E-state index contributed by atoms with van der Waals surface area (Å²) in [5.41, 5.74) is 4.34. The molecule has 0 bridgehead atoms. The molecule has 132 valence electrons. The van der Waals surface area contributed by atoms with Gasteiger partial charge in [0.05, 0.1) is 0 Å². The fourth-order valence-corrected chi connectivity index (χ4v) is 3.27. The van der Waals surface area contributed by atoms with E-state index in [1.165, 1.54) is 17.5 Å². The van der Waals surface area contributed by atoms with Crippen molar-refractivity contribution < 1.29 is 9.53 Å². The summed E-state index contributed by atoms with van der Waals surface area (Å²) in [6, 6.07) is 13.9. The minimum absolute atomic E-state index is 0.146. The Balaban J connectivity index is 1.60. The number of piperidine rings is 1. The van der Waals surface area contributed by atoms with Crippen molar-refractivity contribution in [1.29, 1.82) is 0 Å². The highest BCUT2D eigenvalue weighted by molar-refractivity contribution is 5.94. The van der Waals surface area contributed by atoms with Crippen LogP contribution in [-0.4, -0.2) is 23.9 Å². The number of benzene rings is 2. The number of rotatable bonds is 4. The summed E-state index contributed by atoms with van der Waals surface area (Å²) in [6.07, 6.45) is 2.33. The van der Waals surface area contributed by atoms with Crippen LogP contribution in [0, 0.1) is 19.8 Å². The first-order valence-corrected chi connectivity index (χ1v) is 9.11. The smallest absolute Gasteiger partial charge is 0.253 e. The van der Waals surface area contributed by atoms with E-state index in [1.54, 1.807) is 0 Å². The second-order valence-corrected chi connectivity index (χ2v) is 7.23. The summed E-state index contributed by atoms with van der Waals surface area (Å²) in [4.78, 5) is 14.6. The van der Waals surface area contributed by atoms with E-state index >= 15 is 0 Å². The summed E-state index contributed by atoms with van der Waals surface area (Å²) in [5.74, 6) is 1.63. The Morgan fingerprint density at radius 2 is 1.88 bits per heavy atom. The Hall–Kier alpha value is -2.29. The van der Waals surface area contributed by atoms with Crippen LogP contribution >= 0.6 is 0 Å². The molecule has 0 spiro atoms. The highest BCUT2D eigenvalue weighted by Crippen LogP contribution is 2.20. The van der Waals surface area contributed by atoms with Gasteiger partial charge < -0.3 is 9.64 Å². The van der Waals surface area contributed by atoms with Gasteiger partial charge in [0, 0.05) is 18.7 Å². The number of nitrogens with zero attached hydrogens (tertiary/aromatic N) is 1. The van der Waals surface area contributed by atoms with Crippen LogP contribution in [0.2, 0.25) is 0 Å². The molecule has 1 fully saturated rings. The molecule has 2 aromatic carbocycles. The summed E-state index contributed by atoms with van der Waals surface area (Å²) in [6.45, 7) is 8.66. The summed E-state index contributed by atoms with van der Waals surface area (Å²) in [7, 11) is 0. The second kappa shape index (κ2) is 7.73. The number of carbonyl (C=O) groups is 1. The van der Waals surface area contributed by atoms with Crippen molar-refractivity contribution in [2.24, 2.45) is 5.92 Å². The molecule has 1 amide bonds. The Morgan fingerprint density at radius 3 is 2.56 bits per heavy atom. The maximum absolute atomic E-state index is 12.6. The molecule has 0 unspecified atom stereocenters. The van der Waals surface area contributed by atoms with Crippen LogP contribution in [0.4, 0.5) is 0 Å². The van der Waals surface area contributed by atoms with Gasteiger partial charge in [-0.05, 0) is 73.6 Å². The molecule has 3 rings (SSSR count). The molecule has 1 aliphatic heterocycles. The molecule has 0 aliphatic carbocycles. The summed E-state index contributed by atoms with van der Waals surface area (Å²) < 4.78 is 5.86. The van der Waals surface area contributed by atoms with E-state index in [-0.39, 0.29) is 5.91 Å². The molecule has 1 atom stereocenters. The minimum atomic E-state index is 0.146. The molecule has 0 aromatic heterocycles. The predicted molar refractivity (Wildman–Crippen MR) is 101 cm³/mol. The molecule has 1 heterocycles. The zero-order valence-corrected chi connectivity index (χ0v) is 15.4. The average molecular weight is 337 g/mol. The number of likely N-dealkylation sites (tertiary alicyclic amines) is 1. The largest absolute Gasteiger partial charge is 0.489 e. The van der Waals surface area contributed by atoms with Gasteiger partial charge in [-0.1, -0.05) is 25.1 Å². The van der Waals surface area contributed by atoms with E-state index in [2.05, 4.69) is 32.9 Å². The Labute approximate surface area is 150 Å². The molecule has 1 saturated heterocycles. The van der Waals surface area contributed by atoms with Crippen molar-refractivity contribution in [3.63, 3.8) is 0 Å². The van der Waals surface area contributed by atoms with Crippen LogP contribution < -0.4 is 4.74 Å². The molecule has 0 saturated carbocycles. The highest BCUT2D eigenvalue weighted by Gasteiger charge is 2.21. The van der Waals surface area contributed by atoms with E-state index < -0.39 is 0 Å². The number of ether oxygens (including phenoxy) is 1. The first kappa shape index (κ1) is 17.5. The number of amides is 1. The minimum Gasteiger partial charge on any atom is -0.489 e. The van der Waals surface area contributed by atoms with Crippen molar-refractivity contribution in [3.8, 4) is 5.75 Å². The molecule has 0 radical (unpaired) electrons. The second-order valence-electron chi connectivity index (χ2n) is 7.23. The topological polar surface area (TPSA) is 29.5 Å². The van der Waals surface area contributed by atoms with E-state index in [4.69, 9.17) is 4.74 Å². The monoisotopic (exact) mass is 337 g/mol. The SMILES string of the molecule is Cc1ccc(OCc2ccc(C(=O)N3CCC[C@@H](C)C3)cc2)cc1C. The van der Waals surface area contributed by atoms with Crippen LogP contribution in [0.3, 0.4) is 0 Å². The predicted octanol–water partition coefficient (Wildman–Crippen LogP) is 4.75. The lowest BCUT2D eigenvalue weighted by Gasteiger charge is -2.31. The number of aryl methyl sites for hydroxylation is 2.